The zero-order chi connectivity index (χ0) is 97.3. The lowest BCUT2D eigenvalue weighted by Gasteiger charge is -2.36. The Labute approximate surface area is 806 Å². The molecule has 0 spiro atoms. The number of pyridine rings is 7. The first-order valence-corrected chi connectivity index (χ1v) is 53.6. The summed E-state index contributed by atoms with van der Waals surface area (Å²) in [6, 6.07) is 16.5. The van der Waals surface area contributed by atoms with Crippen LogP contribution in [0.3, 0.4) is 0 Å². The van der Waals surface area contributed by atoms with Crippen molar-refractivity contribution in [3.05, 3.63) is 236 Å². The first-order valence-electron chi connectivity index (χ1n) is 53.6. The van der Waals surface area contributed by atoms with Gasteiger partial charge in [-0.3, -0.25) is 33.6 Å². The number of nitrogens with zero attached hydrogens (tertiary/aromatic N) is 7. The molecule has 1 saturated heterocycles. The number of aromatic nitrogens is 7. The van der Waals surface area contributed by atoms with Gasteiger partial charge >= 0.3 is 0 Å². The molecule has 0 bridgehead atoms. The van der Waals surface area contributed by atoms with Crippen molar-refractivity contribution in [2.45, 2.75) is 478 Å². The monoisotopic (exact) mass is 1830 g/mol. The molecule has 13 fully saturated rings. The largest absolute Gasteiger partial charge is 0.381 e. The van der Waals surface area contributed by atoms with Crippen LogP contribution in [0.4, 0.5) is 0 Å². The molecule has 736 valence electrons. The third kappa shape index (κ3) is 25.6. The van der Waals surface area contributed by atoms with Gasteiger partial charge in [-0.1, -0.05) is 200 Å². The zero-order valence-corrected chi connectivity index (χ0v) is 88.5. The molecule has 20 rings (SSSR count). The highest BCUT2D eigenvalue weighted by Crippen LogP contribution is 2.50. The smallest absolute Gasteiger partial charge is 0.254 e. The fourth-order valence-corrected chi connectivity index (χ4v) is 21.1. The average Bonchev–Trinajstić information content (AvgIpc) is 1.44. The Bertz CT molecular complexity index is 5390. The van der Waals surface area contributed by atoms with E-state index < -0.39 is 0 Å². The topological polar surface area (TPSA) is 163 Å². The first-order chi connectivity index (χ1) is 62.7. The molecule has 8 heterocycles. The van der Waals surface area contributed by atoms with E-state index in [2.05, 4.69) is 277 Å². The van der Waals surface area contributed by atoms with Gasteiger partial charge < -0.3 is 36.7 Å². The number of hydrogen-bond donors (Lipinski definition) is 0. The Balaban J connectivity index is 0.000000126. The van der Waals surface area contributed by atoms with Gasteiger partial charge in [0, 0.05) is 139 Å². The van der Waals surface area contributed by atoms with Crippen molar-refractivity contribution >= 4 is 0 Å². The zero-order valence-electron chi connectivity index (χ0n) is 88.5. The van der Waals surface area contributed by atoms with Gasteiger partial charge in [0.2, 0.25) is 0 Å². The lowest BCUT2D eigenvalue weighted by atomic mass is 9.75. The van der Waals surface area contributed by atoms with Gasteiger partial charge in [-0.25, -0.2) is 0 Å². The molecule has 0 aromatic carbocycles. The van der Waals surface area contributed by atoms with E-state index in [0.717, 1.165) is 141 Å². The predicted octanol–water partition coefficient (Wildman–Crippen LogP) is 26.6. The van der Waals surface area contributed by atoms with Gasteiger partial charge in [-0.15, -0.1) is 0 Å². The summed E-state index contributed by atoms with van der Waals surface area (Å²) in [7, 11) is 0. The first kappa shape index (κ1) is 102. The highest BCUT2D eigenvalue weighted by molar-refractivity contribution is 5.37. The van der Waals surface area contributed by atoms with Gasteiger partial charge in [0.15, 0.2) is 0 Å². The molecule has 7 atom stereocenters. The van der Waals surface area contributed by atoms with E-state index in [4.69, 9.17) is 4.74 Å². The minimum absolute atomic E-state index is 0.0565. The van der Waals surface area contributed by atoms with Crippen LogP contribution in [0, 0.1) is 47.3 Å². The van der Waals surface area contributed by atoms with Gasteiger partial charge in [-0.2, -0.15) is 0 Å². The quantitative estimate of drug-likeness (QED) is 0.0819. The van der Waals surface area contributed by atoms with Crippen molar-refractivity contribution in [3.63, 3.8) is 0 Å². The summed E-state index contributed by atoms with van der Waals surface area (Å²) >= 11 is 0. The van der Waals surface area contributed by atoms with Crippen molar-refractivity contribution in [2.24, 2.45) is 47.3 Å². The van der Waals surface area contributed by atoms with E-state index in [1.165, 1.54) is 167 Å². The summed E-state index contributed by atoms with van der Waals surface area (Å²) in [5.41, 5.74) is 17.7. The molecule has 134 heavy (non-hydrogen) atoms. The summed E-state index contributed by atoms with van der Waals surface area (Å²) in [5.74, 6) is 10.6. The maximum atomic E-state index is 12.8. The van der Waals surface area contributed by atoms with Crippen LogP contribution < -0.4 is 38.9 Å². The molecule has 7 unspecified atom stereocenters. The van der Waals surface area contributed by atoms with Crippen LogP contribution in [0.25, 0.3) is 0 Å². The molecular formula is C119H177N7O8. The minimum atomic E-state index is -0.0874. The van der Waals surface area contributed by atoms with Crippen molar-refractivity contribution < 1.29 is 4.74 Å². The molecule has 0 radical (unpaired) electrons. The van der Waals surface area contributed by atoms with Crippen molar-refractivity contribution in [1.29, 1.82) is 0 Å². The van der Waals surface area contributed by atoms with E-state index in [1.54, 1.807) is 0 Å². The van der Waals surface area contributed by atoms with Crippen molar-refractivity contribution in [2.75, 3.05) is 13.2 Å². The molecule has 0 amide bonds. The Morgan fingerprint density at radius 2 is 0.522 bits per heavy atom. The SMILES string of the molecule is CC(C)(C)c1cc(C2CC2)cn(CC2CCOC2)c1=O.CC1CC(n2cc(C3CC3)cc(C(C)(C)C)c2=O)C1.CC1CC(n2cc(C3CC3)cc(C(C)(C)C)c2=O)C1.CC1CCC1Cn1cc(C2CC2)cc(C(C)(C)C)c1=O.CC1CCC1Cn1cc(C2CC2)cc(C(C)(C)C)c1=O.CC1CCC1n1cc(C2CC2)cc(C(C)(C)C)c1=O.CCCn1cc(C2CC2)cc(C(C)(C)C)c1=O. The molecule has 12 saturated carbocycles. The van der Waals surface area contributed by atoms with Gasteiger partial charge in [-0.05, 0) is 356 Å². The molecule has 0 N–H and O–H groups in total. The molecule has 13 aliphatic rings. The normalized spacial score (nSPS) is 25.0. The van der Waals surface area contributed by atoms with Crippen LogP contribution in [0.15, 0.2) is 119 Å². The van der Waals surface area contributed by atoms with Gasteiger partial charge in [0.05, 0.1) is 6.61 Å². The van der Waals surface area contributed by atoms with Crippen LogP contribution in [0.5, 0.6) is 0 Å². The second kappa shape index (κ2) is 40.4. The van der Waals surface area contributed by atoms with Crippen molar-refractivity contribution in [3.8, 4) is 0 Å². The van der Waals surface area contributed by atoms with Crippen LogP contribution in [-0.2, 0) is 68.8 Å². The maximum absolute atomic E-state index is 12.8. The third-order valence-electron chi connectivity index (χ3n) is 32.4. The Kier molecular flexibility index (Phi) is 30.9. The number of ether oxygens (including phenoxy) is 1. The van der Waals surface area contributed by atoms with Crippen LogP contribution in [0.1, 0.15) is 491 Å². The van der Waals surface area contributed by atoms with Crippen LogP contribution in [-0.4, -0.2) is 45.2 Å². The Morgan fingerprint density at radius 1 is 0.276 bits per heavy atom. The van der Waals surface area contributed by atoms with Crippen molar-refractivity contribution in [1.82, 2.24) is 32.0 Å². The van der Waals surface area contributed by atoms with E-state index in [-0.39, 0.29) is 76.8 Å². The fraction of sp³-hybridized carbons (Fsp3) is 0.706. The van der Waals surface area contributed by atoms with Gasteiger partial charge in [0.25, 0.3) is 38.9 Å². The third-order valence-corrected chi connectivity index (χ3v) is 32.4. The standard InChI is InChI=1S/2C18H27NO.C17H25NO2.3C17H25NO.C15H23NO/c2*1-12-5-6-14(12)10-19-11-15(13-7-8-13)9-16(17(19)20)18(2,3)4;1-17(2,3)15-8-14(13-4-5-13)10-18(16(15)19)9-12-6-7-20-11-12;1-11-5-8-15(11)18-10-13(12-6-7-12)9-14(16(18)19)17(2,3)4;2*1-11-7-14(8-11)18-10-13(12-5-6-12)9-15(16(18)19)17(2,3)4;1-5-8-16-10-12(11-6-7-11)9-13(14(16)17)15(2,3)4/h2*9,11-14H,5-8,10H2,1-4H3;8,10,12-13H,4-7,9,11H2,1-3H3;9-12,15H,5-8H2,1-4H3;2*9-12,14H,5-8H2,1-4H3;9-11H,5-8H2,1-4H3. The molecule has 1 aliphatic heterocycles. The van der Waals surface area contributed by atoms with E-state index in [9.17, 15) is 33.6 Å². The lowest BCUT2D eigenvalue weighted by molar-refractivity contribution is 0.169. The van der Waals surface area contributed by atoms with Crippen LogP contribution in [0.2, 0.25) is 0 Å². The molecule has 12 aliphatic carbocycles. The Morgan fingerprint density at radius 3 is 0.739 bits per heavy atom. The predicted molar refractivity (Wildman–Crippen MR) is 555 cm³/mol. The minimum Gasteiger partial charge on any atom is -0.381 e. The number of hydrogen-bond acceptors (Lipinski definition) is 8. The van der Waals surface area contributed by atoms with E-state index in [1.807, 2.05) is 27.4 Å². The summed E-state index contributed by atoms with van der Waals surface area (Å²) in [4.78, 5) is 88.8. The molecule has 7 aromatic heterocycles. The summed E-state index contributed by atoms with van der Waals surface area (Å²) in [6.45, 7) is 63.7. The average molecular weight is 1830 g/mol. The summed E-state index contributed by atoms with van der Waals surface area (Å²) < 4.78 is 19.5. The highest BCUT2D eigenvalue weighted by atomic mass is 16.5. The van der Waals surface area contributed by atoms with E-state index in [0.29, 0.717) is 83.2 Å². The Hall–Kier alpha value is -7.39. The van der Waals surface area contributed by atoms with Gasteiger partial charge in [0.1, 0.15) is 0 Å². The van der Waals surface area contributed by atoms with E-state index >= 15 is 0 Å². The summed E-state index contributed by atoms with van der Waals surface area (Å²) in [6.07, 6.45) is 47.4. The highest BCUT2D eigenvalue weighted by Gasteiger charge is 2.41. The number of aryl methyl sites for hydroxylation is 1. The maximum Gasteiger partial charge on any atom is 0.254 e. The second-order valence-corrected chi connectivity index (χ2v) is 52.4. The fourth-order valence-electron chi connectivity index (χ4n) is 21.1. The second-order valence-electron chi connectivity index (χ2n) is 52.4. The van der Waals surface area contributed by atoms with Crippen LogP contribution >= 0.6 is 0 Å². The molecule has 15 nitrogen and oxygen atoms in total. The molecule has 15 heteroatoms. The molecule has 7 aromatic rings. The molecular weight excluding hydrogens is 1660 g/mol. The number of rotatable bonds is 18. The lowest BCUT2D eigenvalue weighted by Crippen LogP contribution is -2.38. The summed E-state index contributed by atoms with van der Waals surface area (Å²) in [5, 5.41) is 0.